The Labute approximate surface area is 152 Å². The number of rotatable bonds is 7. The van der Waals surface area contributed by atoms with Gasteiger partial charge in [0.05, 0.1) is 0 Å². The lowest BCUT2D eigenvalue weighted by Crippen LogP contribution is -2.35. The third-order valence-corrected chi connectivity index (χ3v) is 5.31. The smallest absolute Gasteiger partial charge is 0.224 e. The third kappa shape index (κ3) is 5.43. The molecule has 2 saturated heterocycles. The van der Waals surface area contributed by atoms with E-state index in [2.05, 4.69) is 39.2 Å². The topological polar surface area (TPSA) is 44.3 Å². The highest BCUT2D eigenvalue weighted by Crippen LogP contribution is 2.20. The predicted octanol–water partition coefficient (Wildman–Crippen LogP) is 3.70. The molecule has 0 saturated carbocycles. The molecule has 1 N–H and O–H groups in total. The zero-order valence-corrected chi connectivity index (χ0v) is 15.7. The average Bonchev–Trinajstić information content (AvgIpc) is 2.91. The molecule has 2 aliphatic heterocycles. The van der Waals surface area contributed by atoms with Crippen LogP contribution in [0.25, 0.3) is 0 Å². The molecule has 1 unspecified atom stereocenters. The van der Waals surface area contributed by atoms with Crippen molar-refractivity contribution >= 4 is 11.8 Å². The summed E-state index contributed by atoms with van der Waals surface area (Å²) >= 11 is 0. The van der Waals surface area contributed by atoms with Gasteiger partial charge in [0.1, 0.15) is 5.82 Å². The van der Waals surface area contributed by atoms with Crippen molar-refractivity contribution in [1.82, 2.24) is 14.9 Å². The summed E-state index contributed by atoms with van der Waals surface area (Å²) in [4.78, 5) is 14.2. The number of hydrogen-bond donors (Lipinski definition) is 1. The molecule has 1 aromatic heterocycles. The third-order valence-electron chi connectivity index (χ3n) is 5.31. The van der Waals surface area contributed by atoms with E-state index in [1.54, 1.807) is 0 Å². The van der Waals surface area contributed by atoms with Gasteiger partial charge >= 0.3 is 0 Å². The van der Waals surface area contributed by atoms with Crippen molar-refractivity contribution in [2.45, 2.75) is 57.9 Å². The first kappa shape index (κ1) is 18.2. The molecule has 2 fully saturated rings. The summed E-state index contributed by atoms with van der Waals surface area (Å²) in [5.41, 5.74) is 0. The highest BCUT2D eigenvalue weighted by molar-refractivity contribution is 5.42. The van der Waals surface area contributed by atoms with Crippen LogP contribution >= 0.6 is 0 Å². The fourth-order valence-electron chi connectivity index (χ4n) is 3.86. The van der Waals surface area contributed by atoms with Gasteiger partial charge in [-0.15, -0.1) is 0 Å². The number of aromatic nitrogens is 2. The van der Waals surface area contributed by atoms with E-state index in [1.807, 2.05) is 12.3 Å². The highest BCUT2D eigenvalue weighted by atomic mass is 15.2. The lowest BCUT2D eigenvalue weighted by atomic mass is 10.2. The van der Waals surface area contributed by atoms with Crippen molar-refractivity contribution in [2.24, 2.45) is 0 Å². The molecule has 1 aromatic rings. The molecule has 5 nitrogen and oxygen atoms in total. The van der Waals surface area contributed by atoms with Crippen LogP contribution in [-0.4, -0.2) is 53.6 Å². The van der Waals surface area contributed by atoms with Crippen molar-refractivity contribution in [1.29, 1.82) is 0 Å². The van der Waals surface area contributed by atoms with Gasteiger partial charge in [0.25, 0.3) is 0 Å². The number of anilines is 2. The Kier molecular flexibility index (Phi) is 7.10. The lowest BCUT2D eigenvalue weighted by Gasteiger charge is -2.24. The SMILES string of the molecule is CC/C=C/CN1CCCC1CNc1nccc(N2CCCCCC2)n1. The molecular formula is C20H33N5. The van der Waals surface area contributed by atoms with E-state index in [-0.39, 0.29) is 0 Å². The maximum atomic E-state index is 4.77. The molecule has 5 heteroatoms. The first-order chi connectivity index (χ1) is 12.4. The highest BCUT2D eigenvalue weighted by Gasteiger charge is 2.23. The van der Waals surface area contributed by atoms with E-state index >= 15 is 0 Å². The lowest BCUT2D eigenvalue weighted by molar-refractivity contribution is 0.290. The fourth-order valence-corrected chi connectivity index (χ4v) is 3.86. The van der Waals surface area contributed by atoms with Crippen LogP contribution in [0, 0.1) is 0 Å². The minimum Gasteiger partial charge on any atom is -0.356 e. The van der Waals surface area contributed by atoms with E-state index in [0.29, 0.717) is 6.04 Å². The molecule has 138 valence electrons. The van der Waals surface area contributed by atoms with Gasteiger partial charge in [0.2, 0.25) is 5.95 Å². The van der Waals surface area contributed by atoms with Crippen LogP contribution < -0.4 is 10.2 Å². The molecule has 1 atom stereocenters. The average molecular weight is 344 g/mol. The number of nitrogens with zero attached hydrogens (tertiary/aromatic N) is 4. The Morgan fingerprint density at radius 2 is 1.96 bits per heavy atom. The molecule has 0 amide bonds. The fraction of sp³-hybridized carbons (Fsp3) is 0.700. The summed E-state index contributed by atoms with van der Waals surface area (Å²) in [6.07, 6.45) is 15.4. The van der Waals surface area contributed by atoms with Crippen molar-refractivity contribution in [2.75, 3.05) is 42.9 Å². The summed E-state index contributed by atoms with van der Waals surface area (Å²) in [6, 6.07) is 2.64. The largest absolute Gasteiger partial charge is 0.356 e. The monoisotopic (exact) mass is 343 g/mol. The van der Waals surface area contributed by atoms with Gasteiger partial charge in [-0.05, 0) is 44.7 Å². The Morgan fingerprint density at radius 3 is 2.76 bits per heavy atom. The van der Waals surface area contributed by atoms with E-state index in [1.165, 1.54) is 45.1 Å². The predicted molar refractivity (Wildman–Crippen MR) is 105 cm³/mol. The van der Waals surface area contributed by atoms with Gasteiger partial charge in [-0.25, -0.2) is 4.98 Å². The van der Waals surface area contributed by atoms with Crippen LogP contribution in [0.2, 0.25) is 0 Å². The minimum atomic E-state index is 0.590. The van der Waals surface area contributed by atoms with Crippen LogP contribution in [0.1, 0.15) is 51.9 Å². The van der Waals surface area contributed by atoms with Gasteiger partial charge in [-0.2, -0.15) is 4.98 Å². The number of allylic oxidation sites excluding steroid dienone is 1. The van der Waals surface area contributed by atoms with E-state index in [0.717, 1.165) is 44.4 Å². The summed E-state index contributed by atoms with van der Waals surface area (Å²) in [6.45, 7) is 7.63. The van der Waals surface area contributed by atoms with Crippen LogP contribution in [0.4, 0.5) is 11.8 Å². The van der Waals surface area contributed by atoms with Crippen LogP contribution in [0.5, 0.6) is 0 Å². The van der Waals surface area contributed by atoms with Crippen LogP contribution in [-0.2, 0) is 0 Å². The van der Waals surface area contributed by atoms with Gasteiger partial charge in [0, 0.05) is 38.4 Å². The van der Waals surface area contributed by atoms with Crippen molar-refractivity contribution in [3.05, 3.63) is 24.4 Å². The zero-order valence-electron chi connectivity index (χ0n) is 15.7. The molecule has 2 aliphatic rings. The zero-order chi connectivity index (χ0) is 17.3. The first-order valence-corrected chi connectivity index (χ1v) is 10.1. The Bertz CT molecular complexity index is 537. The van der Waals surface area contributed by atoms with E-state index in [4.69, 9.17) is 4.98 Å². The molecule has 25 heavy (non-hydrogen) atoms. The molecule has 3 heterocycles. The van der Waals surface area contributed by atoms with E-state index < -0.39 is 0 Å². The second kappa shape index (κ2) is 9.76. The Balaban J connectivity index is 1.54. The Hall–Kier alpha value is -1.62. The Morgan fingerprint density at radius 1 is 1.12 bits per heavy atom. The summed E-state index contributed by atoms with van der Waals surface area (Å²) < 4.78 is 0. The van der Waals surface area contributed by atoms with Crippen molar-refractivity contribution in [3.8, 4) is 0 Å². The molecule has 0 aliphatic carbocycles. The summed E-state index contributed by atoms with van der Waals surface area (Å²) in [7, 11) is 0. The number of hydrogen-bond acceptors (Lipinski definition) is 5. The minimum absolute atomic E-state index is 0.590. The quantitative estimate of drug-likeness (QED) is 0.765. The molecule has 0 aromatic carbocycles. The number of nitrogens with one attached hydrogen (secondary N) is 1. The van der Waals surface area contributed by atoms with Gasteiger partial charge in [0.15, 0.2) is 0 Å². The van der Waals surface area contributed by atoms with Gasteiger partial charge < -0.3 is 10.2 Å². The normalized spacial score (nSPS) is 22.4. The molecule has 3 rings (SSSR count). The maximum Gasteiger partial charge on any atom is 0.224 e. The first-order valence-electron chi connectivity index (χ1n) is 10.1. The molecule has 0 radical (unpaired) electrons. The van der Waals surface area contributed by atoms with Crippen LogP contribution in [0.3, 0.4) is 0 Å². The molecule has 0 bridgehead atoms. The van der Waals surface area contributed by atoms with E-state index in [9.17, 15) is 0 Å². The summed E-state index contributed by atoms with van der Waals surface area (Å²) in [5.74, 6) is 1.85. The van der Waals surface area contributed by atoms with Crippen LogP contribution in [0.15, 0.2) is 24.4 Å². The van der Waals surface area contributed by atoms with Crippen molar-refractivity contribution in [3.63, 3.8) is 0 Å². The number of likely N-dealkylation sites (tertiary alicyclic amines) is 1. The van der Waals surface area contributed by atoms with Crippen molar-refractivity contribution < 1.29 is 0 Å². The van der Waals surface area contributed by atoms with Gasteiger partial charge in [-0.3, -0.25) is 4.90 Å². The maximum absolute atomic E-state index is 4.77. The summed E-state index contributed by atoms with van der Waals surface area (Å²) in [5, 5.41) is 3.49. The molecular weight excluding hydrogens is 310 g/mol. The molecule has 0 spiro atoms. The second-order valence-corrected chi connectivity index (χ2v) is 7.19. The van der Waals surface area contributed by atoms with Gasteiger partial charge in [-0.1, -0.05) is 31.9 Å². The standard InChI is InChI=1S/C20H33N5/c1-2-3-6-13-24-16-9-10-18(24)17-22-20-21-12-11-19(23-20)25-14-7-4-5-8-15-25/h3,6,11-12,18H,2,4-5,7-10,13-17H2,1H3,(H,21,22,23)/b6-3+. The second-order valence-electron chi connectivity index (χ2n) is 7.19.